The Kier molecular flexibility index (Phi) is 5.70. The van der Waals surface area contributed by atoms with Crippen molar-refractivity contribution >= 4 is 26.5 Å². The van der Waals surface area contributed by atoms with Gasteiger partial charge in [0, 0.05) is 48.3 Å². The zero-order valence-corrected chi connectivity index (χ0v) is 12.0. The average Bonchev–Trinajstić information content (AvgIpc) is 2.38. The van der Waals surface area contributed by atoms with Crippen molar-refractivity contribution in [1.29, 1.82) is 0 Å². The van der Waals surface area contributed by atoms with E-state index in [1.165, 1.54) is 12.4 Å². The van der Waals surface area contributed by atoms with Crippen LogP contribution in [0.25, 0.3) is 0 Å². The number of nitrogens with one attached hydrogen (secondary N) is 2. The normalized spacial score (nSPS) is 13.2. The first kappa shape index (κ1) is 15.1. The second-order valence-corrected chi connectivity index (χ2v) is 7.05. The molecule has 1 heterocycles. The summed E-state index contributed by atoms with van der Waals surface area (Å²) in [6.45, 7) is 1.95. The maximum absolute atomic E-state index is 12.0. The van der Waals surface area contributed by atoms with Gasteiger partial charge < -0.3 is 5.32 Å². The molecule has 0 aliphatic rings. The second kappa shape index (κ2) is 6.81. The summed E-state index contributed by atoms with van der Waals surface area (Å²) in [5.41, 5.74) is 0.481. The van der Waals surface area contributed by atoms with Gasteiger partial charge in [-0.25, -0.2) is 13.1 Å². The van der Waals surface area contributed by atoms with Crippen LogP contribution in [0.15, 0.2) is 23.4 Å². The van der Waals surface area contributed by atoms with Crippen LogP contribution in [-0.4, -0.2) is 42.7 Å². The van der Waals surface area contributed by atoms with Crippen molar-refractivity contribution in [3.63, 3.8) is 0 Å². The summed E-state index contributed by atoms with van der Waals surface area (Å²) >= 11 is 0. The highest BCUT2D eigenvalue weighted by Crippen LogP contribution is 2.18. The third-order valence-corrected chi connectivity index (χ3v) is 5.08. The van der Waals surface area contributed by atoms with Gasteiger partial charge in [-0.15, -0.1) is 0 Å². The van der Waals surface area contributed by atoms with Gasteiger partial charge in [-0.1, -0.05) is 6.92 Å². The lowest BCUT2D eigenvalue weighted by Crippen LogP contribution is -2.28. The maximum atomic E-state index is 12.0. The fourth-order valence-electron chi connectivity index (χ4n) is 1.31. The Morgan fingerprint density at radius 2 is 2.17 bits per heavy atom. The van der Waals surface area contributed by atoms with Crippen LogP contribution in [0.4, 0.5) is 5.69 Å². The van der Waals surface area contributed by atoms with Gasteiger partial charge in [0.2, 0.25) is 10.0 Å². The first-order valence-corrected chi connectivity index (χ1v) is 8.44. The lowest BCUT2D eigenvalue weighted by Gasteiger charge is -2.10. The summed E-state index contributed by atoms with van der Waals surface area (Å²) in [6, 6.07) is 1.58. The lowest BCUT2D eigenvalue weighted by molar-refractivity contribution is 0.584. The molecule has 0 saturated heterocycles. The van der Waals surface area contributed by atoms with Crippen LogP contribution in [0.1, 0.15) is 6.92 Å². The molecule has 1 aromatic heterocycles. The number of hydrogen-bond donors (Lipinski definition) is 2. The number of sulfonamides is 1. The van der Waals surface area contributed by atoms with Crippen molar-refractivity contribution in [3.05, 3.63) is 18.5 Å². The molecule has 1 atom stereocenters. The van der Waals surface area contributed by atoms with E-state index in [4.69, 9.17) is 0 Å². The number of rotatable bonds is 7. The van der Waals surface area contributed by atoms with Crippen LogP contribution in [0.3, 0.4) is 0 Å². The molecule has 8 heteroatoms. The zero-order chi connectivity index (χ0) is 13.6. The van der Waals surface area contributed by atoms with Crippen molar-refractivity contribution in [3.8, 4) is 0 Å². The summed E-state index contributed by atoms with van der Waals surface area (Å²) in [7, 11) is -2.96. The highest BCUT2D eigenvalue weighted by Gasteiger charge is 2.17. The van der Waals surface area contributed by atoms with E-state index < -0.39 is 20.8 Å². The first-order valence-electron chi connectivity index (χ1n) is 5.47. The highest BCUT2D eigenvalue weighted by atomic mass is 32.2. The van der Waals surface area contributed by atoms with Crippen molar-refractivity contribution in [2.75, 3.05) is 30.4 Å². The lowest BCUT2D eigenvalue weighted by atomic mass is 10.4. The van der Waals surface area contributed by atoms with Crippen molar-refractivity contribution < 1.29 is 12.6 Å². The third-order valence-electron chi connectivity index (χ3n) is 2.29. The molecule has 0 bridgehead atoms. The molecule has 2 N–H and O–H groups in total. The van der Waals surface area contributed by atoms with Crippen LogP contribution in [0.2, 0.25) is 0 Å². The van der Waals surface area contributed by atoms with Gasteiger partial charge in [-0.05, 0) is 6.07 Å². The minimum Gasteiger partial charge on any atom is -0.387 e. The van der Waals surface area contributed by atoms with E-state index in [2.05, 4.69) is 15.0 Å². The predicted octanol–water partition coefficient (Wildman–Crippen LogP) is 0.170. The average molecular weight is 291 g/mol. The van der Waals surface area contributed by atoms with E-state index in [1.54, 1.807) is 20.0 Å². The summed E-state index contributed by atoms with van der Waals surface area (Å²) in [6.07, 6.45) is 2.79. The third kappa shape index (κ3) is 4.04. The monoisotopic (exact) mass is 291 g/mol. The standard InChI is InChI=1S/C10H17N3O3S2/c1-3-17(14)7-6-13-18(15,16)10-8-12-5-4-9(10)11-2/h4-5,8,13H,3,6-7H2,1-2H3,(H,11,12). The molecule has 0 aliphatic heterocycles. The molecule has 0 aromatic carbocycles. The minimum absolute atomic E-state index is 0.0924. The van der Waals surface area contributed by atoms with Crippen LogP contribution in [0.5, 0.6) is 0 Å². The molecular formula is C10H17N3O3S2. The molecule has 0 amide bonds. The molecule has 0 fully saturated rings. The van der Waals surface area contributed by atoms with Gasteiger partial charge in [-0.3, -0.25) is 9.19 Å². The Morgan fingerprint density at radius 1 is 1.44 bits per heavy atom. The van der Waals surface area contributed by atoms with E-state index in [1.807, 2.05) is 0 Å². The molecule has 0 saturated carbocycles. The Hall–Kier alpha value is -0.990. The zero-order valence-electron chi connectivity index (χ0n) is 10.3. The van der Waals surface area contributed by atoms with E-state index >= 15 is 0 Å². The Morgan fingerprint density at radius 3 is 2.78 bits per heavy atom. The van der Waals surface area contributed by atoms with E-state index in [9.17, 15) is 12.6 Å². The Bertz CT molecular complexity index is 517. The first-order chi connectivity index (χ1) is 8.51. The number of hydrogen-bond acceptors (Lipinski definition) is 5. The van der Waals surface area contributed by atoms with Crippen molar-refractivity contribution in [2.45, 2.75) is 11.8 Å². The molecule has 1 rings (SSSR count). The van der Waals surface area contributed by atoms with Gasteiger partial charge in [0.05, 0.1) is 5.69 Å². The molecule has 0 aliphatic carbocycles. The number of anilines is 1. The van der Waals surface area contributed by atoms with Gasteiger partial charge in [0.25, 0.3) is 0 Å². The molecule has 18 heavy (non-hydrogen) atoms. The predicted molar refractivity (Wildman–Crippen MR) is 72.5 cm³/mol. The summed E-state index contributed by atoms with van der Waals surface area (Å²) in [4.78, 5) is 3.89. The topological polar surface area (TPSA) is 88.2 Å². The summed E-state index contributed by atoms with van der Waals surface area (Å²) in [5.74, 6) is 0.835. The van der Waals surface area contributed by atoms with Crippen LogP contribution in [0, 0.1) is 0 Å². The maximum Gasteiger partial charge on any atom is 0.244 e. The molecule has 1 aromatic rings. The van der Waals surface area contributed by atoms with Crippen LogP contribution < -0.4 is 10.0 Å². The largest absolute Gasteiger partial charge is 0.387 e. The number of nitrogens with zero attached hydrogens (tertiary/aromatic N) is 1. The Balaban J connectivity index is 2.77. The highest BCUT2D eigenvalue weighted by molar-refractivity contribution is 7.89. The van der Waals surface area contributed by atoms with E-state index in [0.717, 1.165) is 0 Å². The smallest absolute Gasteiger partial charge is 0.244 e. The van der Waals surface area contributed by atoms with Gasteiger partial charge in [-0.2, -0.15) is 0 Å². The molecule has 6 nitrogen and oxygen atoms in total. The summed E-state index contributed by atoms with van der Waals surface area (Å²) in [5, 5.41) is 2.79. The van der Waals surface area contributed by atoms with Gasteiger partial charge >= 0.3 is 0 Å². The molecule has 0 spiro atoms. The fourth-order valence-corrected chi connectivity index (χ4v) is 3.25. The van der Waals surface area contributed by atoms with Crippen LogP contribution in [-0.2, 0) is 20.8 Å². The van der Waals surface area contributed by atoms with Gasteiger partial charge in [0.1, 0.15) is 4.90 Å². The molecule has 102 valence electrons. The number of pyridine rings is 1. The SMILES string of the molecule is CCS(=O)CCNS(=O)(=O)c1cnccc1NC. The Labute approximate surface area is 110 Å². The van der Waals surface area contributed by atoms with Crippen molar-refractivity contribution in [1.82, 2.24) is 9.71 Å². The molecular weight excluding hydrogens is 274 g/mol. The van der Waals surface area contributed by atoms with Crippen molar-refractivity contribution in [2.24, 2.45) is 0 Å². The minimum atomic E-state index is -3.62. The molecule has 0 radical (unpaired) electrons. The summed E-state index contributed by atoms with van der Waals surface area (Å²) < 4.78 is 37.6. The van der Waals surface area contributed by atoms with Crippen LogP contribution >= 0.6 is 0 Å². The van der Waals surface area contributed by atoms with Gasteiger partial charge in [0.15, 0.2) is 0 Å². The molecule has 1 unspecified atom stereocenters. The van der Waals surface area contributed by atoms with E-state index in [-0.39, 0.29) is 11.4 Å². The quantitative estimate of drug-likeness (QED) is 0.747. The number of aromatic nitrogens is 1. The second-order valence-electron chi connectivity index (χ2n) is 3.45. The van der Waals surface area contributed by atoms with E-state index in [0.29, 0.717) is 17.2 Å². The fraction of sp³-hybridized carbons (Fsp3) is 0.500.